The van der Waals surface area contributed by atoms with E-state index >= 15 is 0 Å². The van der Waals surface area contributed by atoms with Crippen LogP contribution in [0.4, 0.5) is 5.82 Å². The number of carbonyl (C=O) groups is 3. The van der Waals surface area contributed by atoms with Gasteiger partial charge in [-0.2, -0.15) is 9.29 Å². The number of rotatable bonds is 38. The van der Waals surface area contributed by atoms with Crippen LogP contribution >= 0.6 is 15.6 Å². The maximum atomic E-state index is 12.8. The summed E-state index contributed by atoms with van der Waals surface area (Å²) in [5.74, 6) is -0.579. The van der Waals surface area contributed by atoms with Crippen molar-refractivity contribution in [1.82, 2.24) is 9.55 Å². The minimum atomic E-state index is -5.44. The Kier molecular flexibility index (Phi) is 29.9. The van der Waals surface area contributed by atoms with Crippen molar-refractivity contribution < 1.29 is 71.1 Å². The summed E-state index contributed by atoms with van der Waals surface area (Å²) in [5.41, 5.74) is 4.57. The molecule has 3 unspecified atom stereocenters. The fraction of sp³-hybridized carbons (Fsp3) is 0.756. The number of unbranched alkanes of at least 4 members (excludes halogenated alkanes) is 14. The lowest BCUT2D eigenvalue weighted by atomic mass is 9.99. The minimum absolute atomic E-state index is 0.0263. The van der Waals surface area contributed by atoms with E-state index in [4.69, 9.17) is 29.0 Å². The zero-order valence-corrected chi connectivity index (χ0v) is 40.9. The summed E-state index contributed by atoms with van der Waals surface area (Å²) < 4.78 is 56.5. The second-order valence-corrected chi connectivity index (χ2v) is 19.9. The van der Waals surface area contributed by atoms with Crippen molar-refractivity contribution in [2.45, 2.75) is 193 Å². The lowest BCUT2D eigenvalue weighted by Crippen LogP contribution is -2.36. The number of nitrogens with two attached hydrogens (primary N) is 1. The average Bonchev–Trinajstić information content (AvgIpc) is 3.54. The number of ketones is 1. The molecule has 0 amide bonds. The zero-order chi connectivity index (χ0) is 48.8. The highest BCUT2D eigenvalue weighted by Gasteiger charge is 2.46. The number of aliphatic hydroxyl groups is 2. The van der Waals surface area contributed by atoms with Gasteiger partial charge in [0.25, 0.3) is 0 Å². The number of aromatic nitrogens is 2. The highest BCUT2D eigenvalue weighted by Crippen LogP contribution is 2.60. The molecule has 8 atom stereocenters. The molecule has 66 heavy (non-hydrogen) atoms. The molecule has 0 radical (unpaired) electrons. The predicted octanol–water partition coefficient (Wildman–Crippen LogP) is 8.09. The van der Waals surface area contributed by atoms with Gasteiger partial charge in [0.15, 0.2) is 18.1 Å². The molecule has 21 heteroatoms. The second kappa shape index (κ2) is 33.4. The molecule has 0 spiro atoms. The summed E-state index contributed by atoms with van der Waals surface area (Å²) in [6, 6.07) is 1.24. The third-order valence-electron chi connectivity index (χ3n) is 11.1. The van der Waals surface area contributed by atoms with E-state index < -0.39 is 83.7 Å². The van der Waals surface area contributed by atoms with Crippen molar-refractivity contribution in [2.75, 3.05) is 25.6 Å². The molecule has 19 nitrogen and oxygen atoms in total. The van der Waals surface area contributed by atoms with Crippen molar-refractivity contribution in [2.24, 2.45) is 5.92 Å². The van der Waals surface area contributed by atoms with Gasteiger partial charge in [-0.3, -0.25) is 28.0 Å². The number of carbonyl (C=O) groups excluding carboxylic acids is 3. The van der Waals surface area contributed by atoms with Crippen molar-refractivity contribution in [3.8, 4) is 0 Å². The van der Waals surface area contributed by atoms with Crippen molar-refractivity contribution in [1.29, 1.82) is 0 Å². The molecule has 1 aromatic heterocycles. The van der Waals surface area contributed by atoms with Gasteiger partial charge in [0.1, 0.15) is 30.7 Å². The number of aliphatic hydroxyl groups excluding tert-OH is 2. The fourth-order valence-corrected chi connectivity index (χ4v) is 9.03. The van der Waals surface area contributed by atoms with Crippen LogP contribution in [0.25, 0.3) is 0 Å². The van der Waals surface area contributed by atoms with E-state index in [0.29, 0.717) is 25.7 Å². The van der Waals surface area contributed by atoms with Gasteiger partial charge >= 0.3 is 33.3 Å². The van der Waals surface area contributed by atoms with Crippen LogP contribution < -0.4 is 11.4 Å². The number of anilines is 1. The number of allylic oxidation sites excluding steroid dienone is 4. The van der Waals surface area contributed by atoms with Crippen LogP contribution in [0, 0.1) is 5.92 Å². The van der Waals surface area contributed by atoms with Crippen molar-refractivity contribution in [3.63, 3.8) is 0 Å². The molecule has 1 aromatic rings. The van der Waals surface area contributed by atoms with Gasteiger partial charge in [-0.25, -0.2) is 13.9 Å². The highest BCUT2D eigenvalue weighted by atomic mass is 31.3. The van der Waals surface area contributed by atoms with Crippen LogP contribution in [0.5, 0.6) is 0 Å². The second-order valence-electron chi connectivity index (χ2n) is 16.9. The highest BCUT2D eigenvalue weighted by molar-refractivity contribution is 7.61. The lowest BCUT2D eigenvalue weighted by molar-refractivity contribution is -0.161. The Balaban J connectivity index is 1.84. The molecular formula is C45H77N3O16P2. The predicted molar refractivity (Wildman–Crippen MR) is 248 cm³/mol. The maximum absolute atomic E-state index is 12.8. The first-order valence-electron chi connectivity index (χ1n) is 23.7. The van der Waals surface area contributed by atoms with Crippen LogP contribution in [0.3, 0.4) is 0 Å². The summed E-state index contributed by atoms with van der Waals surface area (Å²) >= 11 is 0. The number of phosphoric ester groups is 2. The van der Waals surface area contributed by atoms with Gasteiger partial charge in [-0.15, -0.1) is 0 Å². The molecule has 1 fully saturated rings. The van der Waals surface area contributed by atoms with Crippen molar-refractivity contribution in [3.05, 3.63) is 47.1 Å². The quantitative estimate of drug-likeness (QED) is 0.0138. The molecule has 378 valence electrons. The maximum Gasteiger partial charge on any atom is 0.481 e. The molecule has 0 saturated carbocycles. The third kappa shape index (κ3) is 26.5. The molecular weight excluding hydrogens is 900 g/mol. The number of hydrogen-bond acceptors (Lipinski definition) is 16. The number of nitrogen functional groups attached to an aromatic ring is 1. The number of esters is 2. The SMILES string of the molecule is CCCCC/C=C\C=C\C(=O)CCCCCCCC(=O)OC[C@H](COP(=O)(O)OP(=O)(O)OC[C@H]1O[C@@H](n2ccc(N)nc2=O)[C@H](O)[C@@H]1O)OC(=O)CCCCCCCCCCC(C)CC. The smallest absolute Gasteiger partial charge is 0.462 e. The molecule has 2 heterocycles. The van der Waals surface area contributed by atoms with Gasteiger partial charge in [-0.05, 0) is 50.2 Å². The first kappa shape index (κ1) is 59.0. The molecule has 1 saturated heterocycles. The van der Waals surface area contributed by atoms with Crippen LogP contribution in [-0.4, -0.2) is 91.5 Å². The third-order valence-corrected chi connectivity index (χ3v) is 13.7. The number of ether oxygens (including phenoxy) is 3. The number of phosphoric acid groups is 2. The lowest BCUT2D eigenvalue weighted by Gasteiger charge is -2.21. The molecule has 2 rings (SSSR count). The minimum Gasteiger partial charge on any atom is -0.462 e. The van der Waals surface area contributed by atoms with Gasteiger partial charge in [-0.1, -0.05) is 129 Å². The average molecular weight is 978 g/mol. The van der Waals surface area contributed by atoms with Crippen LogP contribution in [0.2, 0.25) is 0 Å². The molecule has 0 bridgehead atoms. The Morgan fingerprint density at radius 1 is 0.818 bits per heavy atom. The Labute approximate surface area is 390 Å². The van der Waals surface area contributed by atoms with Crippen LogP contribution in [0.1, 0.15) is 168 Å². The first-order valence-corrected chi connectivity index (χ1v) is 26.7. The van der Waals surface area contributed by atoms with E-state index in [0.717, 1.165) is 80.9 Å². The van der Waals surface area contributed by atoms with E-state index in [9.17, 15) is 48.3 Å². The molecule has 6 N–H and O–H groups in total. The summed E-state index contributed by atoms with van der Waals surface area (Å²) in [6.07, 6.45) is 19.6. The number of nitrogens with zero attached hydrogens (tertiary/aromatic N) is 2. The van der Waals surface area contributed by atoms with Crippen molar-refractivity contribution >= 4 is 39.2 Å². The summed E-state index contributed by atoms with van der Waals surface area (Å²) in [7, 11) is -10.9. The van der Waals surface area contributed by atoms with Crippen LogP contribution in [0.15, 0.2) is 41.4 Å². The summed E-state index contributed by atoms with van der Waals surface area (Å²) in [6.45, 7) is 4.24. The van der Waals surface area contributed by atoms with E-state index in [1.54, 1.807) is 12.2 Å². The van der Waals surface area contributed by atoms with Gasteiger partial charge in [0, 0.05) is 25.5 Å². The Bertz CT molecular complexity index is 1780. The Morgan fingerprint density at radius 2 is 1.42 bits per heavy atom. The van der Waals surface area contributed by atoms with Crippen LogP contribution in [-0.2, 0) is 51.1 Å². The van der Waals surface area contributed by atoms with Gasteiger partial charge in [0.2, 0.25) is 0 Å². The summed E-state index contributed by atoms with van der Waals surface area (Å²) in [4.78, 5) is 73.8. The molecule has 1 aliphatic rings. The van der Waals surface area contributed by atoms with E-state index in [1.165, 1.54) is 44.6 Å². The number of hydrogen-bond donors (Lipinski definition) is 5. The first-order chi connectivity index (χ1) is 31.5. The topological polar surface area (TPSA) is 283 Å². The van der Waals surface area contributed by atoms with Gasteiger partial charge < -0.3 is 39.9 Å². The van der Waals surface area contributed by atoms with Gasteiger partial charge in [0.05, 0.1) is 13.2 Å². The normalized spacial score (nSPS) is 20.3. The van der Waals surface area contributed by atoms with E-state index in [2.05, 4.69) is 36.1 Å². The Hall–Kier alpha value is -3.09. The zero-order valence-electron chi connectivity index (χ0n) is 39.2. The van der Waals surface area contributed by atoms with E-state index in [-0.39, 0.29) is 24.4 Å². The molecule has 1 aliphatic heterocycles. The molecule has 0 aliphatic carbocycles. The monoisotopic (exact) mass is 977 g/mol. The standard InChI is InChI=1S/C45H77N3O16P2/c1-4-6-7-8-11-16-21-26-36(49)27-22-17-14-19-23-28-40(50)59-32-37(62-41(51)29-24-18-13-10-9-12-15-20-25-35(3)5-2)33-60-65(55,56)64-66(57,58)61-34-38-42(52)43(53)44(63-38)48-31-30-39(46)47-45(48)54/h11,16,21,26,30-31,35,37-38,42-44,52-53H,4-10,12-15,17-20,22-25,27-29,32-34H2,1-3H3,(H,55,56)(H,57,58)(H2,46,47,54)/b16-11-,26-21+/t35?,37-,38-,42-,43-,44-/m1/s1. The Morgan fingerprint density at radius 3 is 2.06 bits per heavy atom. The summed E-state index contributed by atoms with van der Waals surface area (Å²) in [5, 5.41) is 20.9. The largest absolute Gasteiger partial charge is 0.481 e. The van der Waals surface area contributed by atoms with E-state index in [1.807, 2.05) is 6.08 Å². The molecule has 0 aromatic carbocycles. The fourth-order valence-electron chi connectivity index (χ4n) is 6.92.